The van der Waals surface area contributed by atoms with Crippen LogP contribution in [0, 0.1) is 5.82 Å². The van der Waals surface area contributed by atoms with E-state index in [1.807, 2.05) is 54.4 Å². The van der Waals surface area contributed by atoms with Gasteiger partial charge in [-0.05, 0) is 25.2 Å². The van der Waals surface area contributed by atoms with Crippen molar-refractivity contribution in [1.82, 2.24) is 4.90 Å². The van der Waals surface area contributed by atoms with E-state index in [0.29, 0.717) is 18.7 Å². The zero-order chi connectivity index (χ0) is 13.9. The lowest BCUT2D eigenvalue weighted by Crippen LogP contribution is -2.17. The van der Waals surface area contributed by atoms with Crippen LogP contribution in [0.25, 0.3) is 11.0 Å². The van der Waals surface area contributed by atoms with Crippen LogP contribution in [0.3, 0.4) is 0 Å². The first-order valence-corrected chi connectivity index (χ1v) is 6.62. The van der Waals surface area contributed by atoms with Gasteiger partial charge in [0, 0.05) is 17.5 Å². The second-order valence-electron chi connectivity index (χ2n) is 5.01. The lowest BCUT2D eigenvalue weighted by atomic mass is 10.2. The molecule has 102 valence electrons. The molecule has 2 aromatic carbocycles. The molecule has 0 aliphatic heterocycles. The van der Waals surface area contributed by atoms with Crippen molar-refractivity contribution in [2.75, 3.05) is 7.05 Å². The van der Waals surface area contributed by atoms with Crippen LogP contribution in [0.1, 0.15) is 11.3 Å². The van der Waals surface area contributed by atoms with E-state index in [2.05, 4.69) is 0 Å². The minimum atomic E-state index is -0.163. The van der Waals surface area contributed by atoms with E-state index in [4.69, 9.17) is 4.42 Å². The lowest BCUT2D eigenvalue weighted by molar-refractivity contribution is 0.287. The van der Waals surface area contributed by atoms with Crippen LogP contribution < -0.4 is 0 Å². The molecule has 1 heterocycles. The van der Waals surface area contributed by atoms with Crippen LogP contribution >= 0.6 is 0 Å². The topological polar surface area (TPSA) is 16.4 Å². The van der Waals surface area contributed by atoms with Gasteiger partial charge in [-0.25, -0.2) is 4.39 Å². The van der Waals surface area contributed by atoms with Crippen LogP contribution in [-0.2, 0) is 13.1 Å². The molecule has 0 radical (unpaired) electrons. The molecule has 0 spiro atoms. The third kappa shape index (κ3) is 2.73. The summed E-state index contributed by atoms with van der Waals surface area (Å²) < 4.78 is 19.4. The second-order valence-corrected chi connectivity index (χ2v) is 5.01. The first kappa shape index (κ1) is 12.9. The summed E-state index contributed by atoms with van der Waals surface area (Å²) in [5.41, 5.74) is 1.59. The van der Waals surface area contributed by atoms with Gasteiger partial charge < -0.3 is 4.42 Å². The van der Waals surface area contributed by atoms with E-state index in [1.165, 1.54) is 6.07 Å². The van der Waals surface area contributed by atoms with E-state index in [1.54, 1.807) is 6.07 Å². The molecular weight excluding hydrogens is 253 g/mol. The van der Waals surface area contributed by atoms with Crippen LogP contribution in [0.4, 0.5) is 4.39 Å². The van der Waals surface area contributed by atoms with Crippen LogP contribution in [0.5, 0.6) is 0 Å². The summed E-state index contributed by atoms with van der Waals surface area (Å²) in [6.45, 7) is 1.22. The maximum absolute atomic E-state index is 13.6. The summed E-state index contributed by atoms with van der Waals surface area (Å²) in [5, 5.41) is 1.10. The molecule has 0 atom stereocenters. The number of fused-ring (bicyclic) bond motifs is 1. The van der Waals surface area contributed by atoms with Crippen LogP contribution in [0.15, 0.2) is 59.0 Å². The molecule has 3 heteroatoms. The number of furan rings is 1. The van der Waals surface area contributed by atoms with Crippen molar-refractivity contribution in [3.05, 3.63) is 71.7 Å². The highest BCUT2D eigenvalue weighted by Crippen LogP contribution is 2.20. The highest BCUT2D eigenvalue weighted by atomic mass is 19.1. The van der Waals surface area contributed by atoms with Crippen molar-refractivity contribution in [3.8, 4) is 0 Å². The molecule has 0 amide bonds. The summed E-state index contributed by atoms with van der Waals surface area (Å²) in [6, 6.07) is 16.8. The predicted molar refractivity (Wildman–Crippen MR) is 77.8 cm³/mol. The summed E-state index contributed by atoms with van der Waals surface area (Å²) >= 11 is 0. The Morgan fingerprint density at radius 3 is 2.55 bits per heavy atom. The second kappa shape index (κ2) is 5.47. The highest BCUT2D eigenvalue weighted by Gasteiger charge is 2.09. The number of rotatable bonds is 4. The summed E-state index contributed by atoms with van der Waals surface area (Å²) in [6.07, 6.45) is 0. The van der Waals surface area contributed by atoms with E-state index in [0.717, 1.165) is 16.7 Å². The van der Waals surface area contributed by atoms with Crippen molar-refractivity contribution in [2.45, 2.75) is 13.1 Å². The summed E-state index contributed by atoms with van der Waals surface area (Å²) in [7, 11) is 1.96. The Bertz CT molecular complexity index is 687. The summed E-state index contributed by atoms with van der Waals surface area (Å²) in [5.74, 6) is 0.731. The van der Waals surface area contributed by atoms with Crippen molar-refractivity contribution in [1.29, 1.82) is 0 Å². The predicted octanol–water partition coefficient (Wildman–Crippen LogP) is 4.20. The minimum absolute atomic E-state index is 0.163. The zero-order valence-corrected chi connectivity index (χ0v) is 11.3. The van der Waals surface area contributed by atoms with Crippen molar-refractivity contribution >= 4 is 11.0 Å². The number of para-hydroxylation sites is 1. The van der Waals surface area contributed by atoms with Gasteiger partial charge in [0.2, 0.25) is 0 Å². The van der Waals surface area contributed by atoms with Gasteiger partial charge in [-0.15, -0.1) is 0 Å². The number of nitrogens with zero attached hydrogens (tertiary/aromatic N) is 1. The average Bonchev–Trinajstić information content (AvgIpc) is 2.83. The molecule has 20 heavy (non-hydrogen) atoms. The largest absolute Gasteiger partial charge is 0.460 e. The average molecular weight is 269 g/mol. The Kier molecular flexibility index (Phi) is 3.52. The Morgan fingerprint density at radius 2 is 1.75 bits per heavy atom. The fraction of sp³-hybridized carbons (Fsp3) is 0.176. The highest BCUT2D eigenvalue weighted by molar-refractivity contribution is 5.77. The molecule has 0 fully saturated rings. The fourth-order valence-electron chi connectivity index (χ4n) is 2.35. The standard InChI is InChI=1S/C17H16FNO/c1-19(11-14-7-2-4-8-16(14)18)12-15-10-13-6-3-5-9-17(13)20-15/h2-10H,11-12H2,1H3. The molecule has 0 aliphatic rings. The minimum Gasteiger partial charge on any atom is -0.460 e. The van der Waals surface area contributed by atoms with Gasteiger partial charge >= 0.3 is 0 Å². The van der Waals surface area contributed by atoms with Crippen molar-refractivity contribution < 1.29 is 8.81 Å². The SMILES string of the molecule is CN(Cc1cc2ccccc2o1)Cc1ccccc1F. The maximum atomic E-state index is 13.6. The Balaban J connectivity index is 1.72. The maximum Gasteiger partial charge on any atom is 0.134 e. The molecule has 0 saturated carbocycles. The van der Waals surface area contributed by atoms with Gasteiger partial charge in [0.15, 0.2) is 0 Å². The molecule has 3 rings (SSSR count). The third-order valence-corrected chi connectivity index (χ3v) is 3.30. The fourth-order valence-corrected chi connectivity index (χ4v) is 2.35. The first-order chi connectivity index (χ1) is 9.72. The molecule has 0 unspecified atom stereocenters. The molecule has 3 aromatic rings. The quantitative estimate of drug-likeness (QED) is 0.705. The molecule has 0 aliphatic carbocycles. The van der Waals surface area contributed by atoms with Gasteiger partial charge in [0.1, 0.15) is 17.2 Å². The van der Waals surface area contributed by atoms with Gasteiger partial charge in [0.25, 0.3) is 0 Å². The van der Waals surface area contributed by atoms with Crippen molar-refractivity contribution in [3.63, 3.8) is 0 Å². The Labute approximate surface area is 117 Å². The lowest BCUT2D eigenvalue weighted by Gasteiger charge is -2.15. The monoisotopic (exact) mass is 269 g/mol. The Morgan fingerprint density at radius 1 is 1.00 bits per heavy atom. The smallest absolute Gasteiger partial charge is 0.134 e. The van der Waals surface area contributed by atoms with Crippen LogP contribution in [0.2, 0.25) is 0 Å². The number of hydrogen-bond acceptors (Lipinski definition) is 2. The van der Waals surface area contributed by atoms with Crippen LogP contribution in [-0.4, -0.2) is 11.9 Å². The Hall–Kier alpha value is -2.13. The molecular formula is C17H16FNO. The molecule has 0 bridgehead atoms. The first-order valence-electron chi connectivity index (χ1n) is 6.62. The number of benzene rings is 2. The molecule has 2 nitrogen and oxygen atoms in total. The van der Waals surface area contributed by atoms with Gasteiger partial charge in [-0.1, -0.05) is 36.4 Å². The molecule has 1 aromatic heterocycles. The third-order valence-electron chi connectivity index (χ3n) is 3.30. The van der Waals surface area contributed by atoms with Crippen molar-refractivity contribution in [2.24, 2.45) is 0 Å². The van der Waals surface area contributed by atoms with Gasteiger partial charge in [0.05, 0.1) is 6.54 Å². The zero-order valence-electron chi connectivity index (χ0n) is 11.3. The van der Waals surface area contributed by atoms with E-state index in [-0.39, 0.29) is 5.82 Å². The number of halogens is 1. The molecule has 0 saturated heterocycles. The van der Waals surface area contributed by atoms with Gasteiger partial charge in [-0.3, -0.25) is 4.90 Å². The van der Waals surface area contributed by atoms with Gasteiger partial charge in [-0.2, -0.15) is 0 Å². The number of hydrogen-bond donors (Lipinski definition) is 0. The summed E-state index contributed by atoms with van der Waals surface area (Å²) in [4.78, 5) is 2.04. The van der Waals surface area contributed by atoms with E-state index in [9.17, 15) is 4.39 Å². The van der Waals surface area contributed by atoms with E-state index >= 15 is 0 Å². The van der Waals surface area contributed by atoms with E-state index < -0.39 is 0 Å². The normalized spacial score (nSPS) is 11.3. The molecule has 0 N–H and O–H groups in total.